The van der Waals surface area contributed by atoms with Gasteiger partial charge in [0.1, 0.15) is 0 Å². The van der Waals surface area contributed by atoms with E-state index in [9.17, 15) is 27.1 Å². The summed E-state index contributed by atoms with van der Waals surface area (Å²) in [6.07, 6.45) is -1.96. The largest absolute Gasteiger partial charge is 0.586 e. The number of alkyl halides is 2. The molecule has 0 spiro atoms. The van der Waals surface area contributed by atoms with Crippen molar-refractivity contribution in [2.45, 2.75) is 83.0 Å². The quantitative estimate of drug-likeness (QED) is 0.309. The summed E-state index contributed by atoms with van der Waals surface area (Å²) < 4.78 is 64.3. The van der Waals surface area contributed by atoms with Gasteiger partial charge in [0, 0.05) is 0 Å². The van der Waals surface area contributed by atoms with Crippen LogP contribution in [0, 0.1) is 0 Å². The summed E-state index contributed by atoms with van der Waals surface area (Å²) in [5, 5.41) is 10.1. The van der Waals surface area contributed by atoms with Crippen molar-refractivity contribution in [3.05, 3.63) is 76.9 Å². The molecule has 0 unspecified atom stereocenters. The summed E-state index contributed by atoms with van der Waals surface area (Å²) in [4.78, 5) is 13.0. The molecule has 220 valence electrons. The van der Waals surface area contributed by atoms with Gasteiger partial charge in [-0.25, -0.2) is 13.1 Å². The predicted octanol–water partition coefficient (Wildman–Crippen LogP) is 6.59. The van der Waals surface area contributed by atoms with Crippen LogP contribution in [0.2, 0.25) is 0 Å². The van der Waals surface area contributed by atoms with Crippen LogP contribution in [0.15, 0.2) is 59.5 Å². The topological polar surface area (TPSA) is 102 Å². The van der Waals surface area contributed by atoms with E-state index >= 15 is 0 Å². The number of benzene rings is 3. The Labute approximate surface area is 239 Å². The number of carbonyl (C=O) groups excluding carboxylic acids is 1. The van der Waals surface area contributed by atoms with Gasteiger partial charge >= 0.3 is 6.29 Å². The number of amides is 1. The summed E-state index contributed by atoms with van der Waals surface area (Å²) in [5.74, 6) is -0.516. The van der Waals surface area contributed by atoms with Gasteiger partial charge in [-0.3, -0.25) is 4.79 Å². The lowest BCUT2D eigenvalue weighted by Gasteiger charge is -2.20. The maximum Gasteiger partial charge on any atom is 0.586 e. The Morgan fingerprint density at radius 2 is 1.66 bits per heavy atom. The van der Waals surface area contributed by atoms with Gasteiger partial charge in [0.15, 0.2) is 11.5 Å². The molecule has 3 aromatic rings. The second-order valence-electron chi connectivity index (χ2n) is 11.2. The SMILES string of the molecule is C.CC(C)c1cc(-c2ccc3c(c2)OC(F)(F)O3)cc(C2CC2)c1CC(=O)NS(=O)(=O)c1ccc(C(C)(C)O)cc1. The predicted molar refractivity (Wildman–Crippen MR) is 152 cm³/mol. The normalized spacial score (nSPS) is 15.9. The number of nitrogens with one attached hydrogen (secondary N) is 1. The van der Waals surface area contributed by atoms with Gasteiger partial charge in [-0.05, 0) is 96.2 Å². The molecule has 10 heteroatoms. The van der Waals surface area contributed by atoms with Crippen molar-refractivity contribution in [1.29, 1.82) is 0 Å². The first-order valence-electron chi connectivity index (χ1n) is 13.1. The number of carbonyl (C=O) groups is 1. The number of hydrogen-bond donors (Lipinski definition) is 2. The van der Waals surface area contributed by atoms with E-state index in [1.165, 1.54) is 36.4 Å². The summed E-state index contributed by atoms with van der Waals surface area (Å²) in [6, 6.07) is 14.2. The minimum absolute atomic E-state index is 0. The number of sulfonamides is 1. The van der Waals surface area contributed by atoms with E-state index in [1.54, 1.807) is 19.9 Å². The molecule has 1 fully saturated rings. The molecule has 41 heavy (non-hydrogen) atoms. The van der Waals surface area contributed by atoms with Crippen LogP contribution < -0.4 is 14.2 Å². The number of hydrogen-bond acceptors (Lipinski definition) is 6. The van der Waals surface area contributed by atoms with Crippen molar-refractivity contribution in [2.24, 2.45) is 0 Å². The van der Waals surface area contributed by atoms with Gasteiger partial charge in [0.25, 0.3) is 10.0 Å². The van der Waals surface area contributed by atoms with Crippen molar-refractivity contribution in [3.63, 3.8) is 0 Å². The molecule has 0 atom stereocenters. The molecule has 1 heterocycles. The van der Waals surface area contributed by atoms with E-state index in [-0.39, 0.29) is 42.1 Å². The molecule has 2 aliphatic rings. The highest BCUT2D eigenvalue weighted by atomic mass is 32.2. The van der Waals surface area contributed by atoms with Gasteiger partial charge in [0.2, 0.25) is 5.91 Å². The molecule has 2 N–H and O–H groups in total. The van der Waals surface area contributed by atoms with Crippen molar-refractivity contribution in [3.8, 4) is 22.6 Å². The van der Waals surface area contributed by atoms with E-state index in [0.29, 0.717) is 11.1 Å². The number of aliphatic hydroxyl groups is 1. The molecule has 1 saturated carbocycles. The zero-order valence-corrected chi connectivity index (χ0v) is 23.4. The van der Waals surface area contributed by atoms with Gasteiger partial charge in [-0.2, -0.15) is 0 Å². The Morgan fingerprint density at radius 3 is 2.24 bits per heavy atom. The van der Waals surface area contributed by atoms with Gasteiger partial charge in [-0.1, -0.05) is 51.6 Å². The first kappa shape index (κ1) is 30.5. The Hall–Kier alpha value is -3.50. The number of halogens is 2. The van der Waals surface area contributed by atoms with Crippen molar-refractivity contribution in [2.75, 3.05) is 0 Å². The maximum absolute atomic E-state index is 13.5. The minimum atomic E-state index is -4.13. The highest BCUT2D eigenvalue weighted by molar-refractivity contribution is 7.90. The second-order valence-corrected chi connectivity index (χ2v) is 12.9. The third-order valence-electron chi connectivity index (χ3n) is 7.15. The van der Waals surface area contributed by atoms with E-state index in [1.807, 2.05) is 26.0 Å². The molecule has 3 aromatic carbocycles. The smallest absolute Gasteiger partial charge is 0.395 e. The van der Waals surface area contributed by atoms with Crippen molar-refractivity contribution < 1.29 is 36.6 Å². The van der Waals surface area contributed by atoms with Gasteiger partial charge in [0.05, 0.1) is 16.9 Å². The van der Waals surface area contributed by atoms with Crippen LogP contribution in [0.3, 0.4) is 0 Å². The standard InChI is InChI=1S/C30H31F2NO6S.CH4/c1-17(2)23-13-20(19-7-12-26-27(15-19)39-30(31,32)38-26)14-24(18-5-6-18)25(23)16-28(34)33-40(36,37)22-10-8-21(9-11-22)29(3,4)35;/h7-15,17-18,35H,5-6,16H2,1-4H3,(H,33,34);1H4. The van der Waals surface area contributed by atoms with E-state index in [4.69, 9.17) is 0 Å². The third-order valence-corrected chi connectivity index (χ3v) is 8.54. The van der Waals surface area contributed by atoms with Crippen LogP contribution in [-0.4, -0.2) is 25.7 Å². The highest BCUT2D eigenvalue weighted by Crippen LogP contribution is 2.47. The van der Waals surface area contributed by atoms with Crippen LogP contribution in [0.5, 0.6) is 11.5 Å². The van der Waals surface area contributed by atoms with E-state index in [2.05, 4.69) is 14.2 Å². The Balaban J connectivity index is 0.00000387. The molecule has 0 radical (unpaired) electrons. The fourth-order valence-corrected chi connectivity index (χ4v) is 5.92. The average Bonchev–Trinajstić information content (AvgIpc) is 3.64. The fraction of sp³-hybridized carbons (Fsp3) is 0.387. The molecule has 1 amide bonds. The minimum Gasteiger partial charge on any atom is -0.395 e. The number of rotatable bonds is 8. The lowest BCUT2D eigenvalue weighted by atomic mass is 9.86. The Morgan fingerprint density at radius 1 is 1.02 bits per heavy atom. The van der Waals surface area contributed by atoms with E-state index < -0.39 is 27.8 Å². The zero-order valence-electron chi connectivity index (χ0n) is 22.6. The molecular weight excluding hydrogens is 552 g/mol. The molecule has 5 rings (SSSR count). The fourth-order valence-electron chi connectivity index (χ4n) is 4.94. The molecule has 0 aromatic heterocycles. The molecule has 1 aliphatic heterocycles. The van der Waals surface area contributed by atoms with Crippen molar-refractivity contribution >= 4 is 15.9 Å². The second kappa shape index (κ2) is 10.7. The average molecular weight is 588 g/mol. The molecular formula is C31H35F2NO6S. The first-order chi connectivity index (χ1) is 18.6. The van der Waals surface area contributed by atoms with Gasteiger partial charge in [-0.15, -0.1) is 8.78 Å². The summed E-state index contributed by atoms with van der Waals surface area (Å²) >= 11 is 0. The van der Waals surface area contributed by atoms with Crippen LogP contribution in [0.1, 0.15) is 82.1 Å². The van der Waals surface area contributed by atoms with Crippen LogP contribution in [-0.2, 0) is 26.8 Å². The van der Waals surface area contributed by atoms with E-state index in [0.717, 1.165) is 35.1 Å². The lowest BCUT2D eigenvalue weighted by Crippen LogP contribution is -2.32. The maximum atomic E-state index is 13.5. The Bertz CT molecular complexity index is 1550. The van der Waals surface area contributed by atoms with Crippen molar-refractivity contribution in [1.82, 2.24) is 4.72 Å². The van der Waals surface area contributed by atoms with Gasteiger partial charge < -0.3 is 14.6 Å². The molecule has 0 bridgehead atoms. The summed E-state index contributed by atoms with van der Waals surface area (Å²) in [7, 11) is -4.13. The monoisotopic (exact) mass is 587 g/mol. The zero-order chi connectivity index (χ0) is 29.0. The lowest BCUT2D eigenvalue weighted by molar-refractivity contribution is -0.286. The number of fused-ring (bicyclic) bond motifs is 1. The van der Waals surface area contributed by atoms with Crippen LogP contribution in [0.4, 0.5) is 8.78 Å². The van der Waals surface area contributed by atoms with Crippen LogP contribution >= 0.6 is 0 Å². The molecule has 0 saturated heterocycles. The van der Waals surface area contributed by atoms with Crippen LogP contribution in [0.25, 0.3) is 11.1 Å². The third kappa shape index (κ3) is 6.54. The molecule has 7 nitrogen and oxygen atoms in total. The number of ether oxygens (including phenoxy) is 2. The molecule has 1 aliphatic carbocycles. The first-order valence-corrected chi connectivity index (χ1v) is 14.6. The summed E-state index contributed by atoms with van der Waals surface area (Å²) in [5.41, 5.74) is 3.47. The highest BCUT2D eigenvalue weighted by Gasteiger charge is 2.43. The Kier molecular flexibility index (Phi) is 7.97. The summed E-state index contributed by atoms with van der Waals surface area (Å²) in [6.45, 7) is 7.16.